The Labute approximate surface area is 124 Å². The first kappa shape index (κ1) is 14.8. The molecule has 1 aromatic rings. The van der Waals surface area contributed by atoms with Crippen LogP contribution >= 0.6 is 27.7 Å². The van der Waals surface area contributed by atoms with Gasteiger partial charge in [0.2, 0.25) is 5.91 Å². The molecule has 1 aliphatic heterocycles. The number of hydrogen-bond donors (Lipinski definition) is 2. The van der Waals surface area contributed by atoms with Crippen molar-refractivity contribution in [2.24, 2.45) is 5.92 Å². The largest absolute Gasteiger partial charge is 0.355 e. The Kier molecular flexibility index (Phi) is 5.66. The standard InChI is InChI=1S/C13H16BrFN2OS/c14-11-2-1-10(12(15)3-11)7-19-8-13(18)17-6-9-4-16-5-9/h1-3,9,16H,4-8H2,(H,17,18). The minimum atomic E-state index is -0.233. The summed E-state index contributed by atoms with van der Waals surface area (Å²) in [6.45, 7) is 2.70. The van der Waals surface area contributed by atoms with Crippen LogP contribution in [0.25, 0.3) is 0 Å². The van der Waals surface area contributed by atoms with E-state index in [1.54, 1.807) is 6.07 Å². The summed E-state index contributed by atoms with van der Waals surface area (Å²) in [6.07, 6.45) is 0. The highest BCUT2D eigenvalue weighted by Crippen LogP contribution is 2.19. The molecule has 0 bridgehead atoms. The zero-order valence-corrected chi connectivity index (χ0v) is 12.8. The molecule has 1 heterocycles. The molecule has 3 nitrogen and oxygen atoms in total. The summed E-state index contributed by atoms with van der Waals surface area (Å²) in [6, 6.07) is 4.99. The summed E-state index contributed by atoms with van der Waals surface area (Å²) in [7, 11) is 0. The molecule has 0 aliphatic carbocycles. The molecule has 1 saturated heterocycles. The van der Waals surface area contributed by atoms with Crippen molar-refractivity contribution in [2.45, 2.75) is 5.75 Å². The van der Waals surface area contributed by atoms with Crippen LogP contribution in [-0.2, 0) is 10.5 Å². The zero-order valence-electron chi connectivity index (χ0n) is 10.4. The molecule has 0 radical (unpaired) electrons. The Hall–Kier alpha value is -0.590. The van der Waals surface area contributed by atoms with E-state index in [9.17, 15) is 9.18 Å². The van der Waals surface area contributed by atoms with Gasteiger partial charge in [-0.2, -0.15) is 0 Å². The molecule has 19 heavy (non-hydrogen) atoms. The van der Waals surface area contributed by atoms with E-state index in [4.69, 9.17) is 0 Å². The van der Waals surface area contributed by atoms with E-state index < -0.39 is 0 Å². The van der Waals surface area contributed by atoms with Crippen molar-refractivity contribution >= 4 is 33.6 Å². The fourth-order valence-electron chi connectivity index (χ4n) is 1.69. The highest BCUT2D eigenvalue weighted by atomic mass is 79.9. The molecule has 0 spiro atoms. The number of halogens is 2. The first-order valence-corrected chi connectivity index (χ1v) is 8.09. The van der Waals surface area contributed by atoms with Crippen molar-refractivity contribution in [3.8, 4) is 0 Å². The quantitative estimate of drug-likeness (QED) is 0.829. The predicted molar refractivity (Wildman–Crippen MR) is 79.6 cm³/mol. The maximum Gasteiger partial charge on any atom is 0.230 e. The first-order valence-electron chi connectivity index (χ1n) is 6.14. The van der Waals surface area contributed by atoms with Crippen LogP contribution in [0.4, 0.5) is 4.39 Å². The molecular formula is C13H16BrFN2OS. The van der Waals surface area contributed by atoms with Gasteiger partial charge in [-0.3, -0.25) is 4.79 Å². The molecule has 2 N–H and O–H groups in total. The van der Waals surface area contributed by atoms with Gasteiger partial charge >= 0.3 is 0 Å². The van der Waals surface area contributed by atoms with E-state index in [0.29, 0.717) is 23.0 Å². The molecule has 1 fully saturated rings. The molecule has 0 atom stereocenters. The van der Waals surface area contributed by atoms with Crippen LogP contribution in [0.5, 0.6) is 0 Å². The van der Waals surface area contributed by atoms with Gasteiger partial charge in [-0.1, -0.05) is 22.0 Å². The lowest BCUT2D eigenvalue weighted by molar-refractivity contribution is -0.118. The second-order valence-corrected chi connectivity index (χ2v) is 6.46. The highest BCUT2D eigenvalue weighted by Gasteiger charge is 2.16. The van der Waals surface area contributed by atoms with Crippen molar-refractivity contribution in [3.05, 3.63) is 34.1 Å². The third-order valence-corrected chi connectivity index (χ3v) is 4.43. The van der Waals surface area contributed by atoms with E-state index in [2.05, 4.69) is 26.6 Å². The van der Waals surface area contributed by atoms with Crippen LogP contribution in [0, 0.1) is 11.7 Å². The maximum atomic E-state index is 13.5. The van der Waals surface area contributed by atoms with E-state index in [1.807, 2.05) is 6.07 Å². The highest BCUT2D eigenvalue weighted by molar-refractivity contribution is 9.10. The lowest BCUT2D eigenvalue weighted by Gasteiger charge is -2.27. The van der Waals surface area contributed by atoms with Crippen LogP contribution in [0.15, 0.2) is 22.7 Å². The predicted octanol–water partition coefficient (Wildman–Crippen LogP) is 2.16. The minimum Gasteiger partial charge on any atom is -0.355 e. The Morgan fingerprint density at radius 1 is 1.53 bits per heavy atom. The van der Waals surface area contributed by atoms with Gasteiger partial charge in [0.1, 0.15) is 5.82 Å². The van der Waals surface area contributed by atoms with Gasteiger partial charge in [0.05, 0.1) is 5.75 Å². The number of rotatable bonds is 6. The van der Waals surface area contributed by atoms with Gasteiger partial charge in [-0.15, -0.1) is 11.8 Å². The molecule has 1 aliphatic rings. The molecule has 104 valence electrons. The summed E-state index contributed by atoms with van der Waals surface area (Å²) in [5, 5.41) is 6.05. The first-order chi connectivity index (χ1) is 9.15. The molecular weight excluding hydrogens is 331 g/mol. The second-order valence-electron chi connectivity index (χ2n) is 4.56. The Morgan fingerprint density at radius 3 is 2.95 bits per heavy atom. The van der Waals surface area contributed by atoms with Gasteiger partial charge in [-0.25, -0.2) is 4.39 Å². The third kappa shape index (κ3) is 4.78. The summed E-state index contributed by atoms with van der Waals surface area (Å²) in [4.78, 5) is 11.6. The van der Waals surface area contributed by atoms with Gasteiger partial charge < -0.3 is 10.6 Å². The molecule has 0 unspecified atom stereocenters. The van der Waals surface area contributed by atoms with Crippen LogP contribution in [0.2, 0.25) is 0 Å². The average Bonchev–Trinajstić information content (AvgIpc) is 2.30. The molecule has 0 aromatic heterocycles. The number of benzene rings is 1. The van der Waals surface area contributed by atoms with Crippen molar-refractivity contribution in [2.75, 3.05) is 25.4 Å². The number of hydrogen-bond acceptors (Lipinski definition) is 3. The number of amides is 1. The number of nitrogens with one attached hydrogen (secondary N) is 2. The molecule has 6 heteroatoms. The zero-order chi connectivity index (χ0) is 13.7. The van der Waals surface area contributed by atoms with Crippen molar-refractivity contribution in [1.29, 1.82) is 0 Å². The van der Waals surface area contributed by atoms with E-state index in [-0.39, 0.29) is 11.7 Å². The third-order valence-electron chi connectivity index (χ3n) is 2.96. The average molecular weight is 347 g/mol. The van der Waals surface area contributed by atoms with Crippen LogP contribution in [0.1, 0.15) is 5.56 Å². The lowest BCUT2D eigenvalue weighted by Crippen LogP contribution is -2.48. The molecule has 1 aromatic carbocycles. The molecule has 1 amide bonds. The van der Waals surface area contributed by atoms with Crippen LogP contribution in [-0.4, -0.2) is 31.3 Å². The lowest BCUT2D eigenvalue weighted by atomic mass is 10.0. The number of thioether (sulfide) groups is 1. The summed E-state index contributed by atoms with van der Waals surface area (Å²) >= 11 is 4.65. The van der Waals surface area contributed by atoms with Gasteiger partial charge in [0.15, 0.2) is 0 Å². The summed E-state index contributed by atoms with van der Waals surface area (Å²) < 4.78 is 14.3. The smallest absolute Gasteiger partial charge is 0.230 e. The fraction of sp³-hybridized carbons (Fsp3) is 0.462. The summed E-state index contributed by atoms with van der Waals surface area (Å²) in [5.74, 6) is 1.24. The Bertz CT molecular complexity index is 454. The topological polar surface area (TPSA) is 41.1 Å². The van der Waals surface area contributed by atoms with E-state index in [0.717, 1.165) is 24.1 Å². The maximum absolute atomic E-state index is 13.5. The number of carbonyl (C=O) groups excluding carboxylic acids is 1. The molecule has 2 rings (SSSR count). The van der Waals surface area contributed by atoms with E-state index in [1.165, 1.54) is 17.8 Å². The normalized spacial score (nSPS) is 15.1. The van der Waals surface area contributed by atoms with Gasteiger partial charge in [0, 0.05) is 35.8 Å². The summed E-state index contributed by atoms with van der Waals surface area (Å²) in [5.41, 5.74) is 0.629. The Balaban J connectivity index is 1.66. The van der Waals surface area contributed by atoms with Gasteiger partial charge in [0.25, 0.3) is 0 Å². The Morgan fingerprint density at radius 2 is 2.32 bits per heavy atom. The van der Waals surface area contributed by atoms with Crippen LogP contribution in [0.3, 0.4) is 0 Å². The van der Waals surface area contributed by atoms with Crippen molar-refractivity contribution < 1.29 is 9.18 Å². The second kappa shape index (κ2) is 7.26. The van der Waals surface area contributed by atoms with Crippen molar-refractivity contribution in [3.63, 3.8) is 0 Å². The SMILES string of the molecule is O=C(CSCc1ccc(Br)cc1F)NCC1CNC1. The van der Waals surface area contributed by atoms with Crippen LogP contribution < -0.4 is 10.6 Å². The van der Waals surface area contributed by atoms with Gasteiger partial charge in [-0.05, 0) is 17.7 Å². The fourth-order valence-corrected chi connectivity index (χ4v) is 2.87. The minimum absolute atomic E-state index is 0.0226. The monoisotopic (exact) mass is 346 g/mol. The van der Waals surface area contributed by atoms with Crippen molar-refractivity contribution in [1.82, 2.24) is 10.6 Å². The molecule has 0 saturated carbocycles. The van der Waals surface area contributed by atoms with E-state index >= 15 is 0 Å². The number of carbonyl (C=O) groups is 1.